The van der Waals surface area contributed by atoms with Gasteiger partial charge in [-0.25, -0.2) is 9.59 Å². The number of carbonyl (C=O) groups is 7. The molecule has 0 amide bonds. The van der Waals surface area contributed by atoms with Gasteiger partial charge in [0.25, 0.3) is 0 Å². The Bertz CT molecular complexity index is 2030. The van der Waals surface area contributed by atoms with Crippen molar-refractivity contribution in [3.63, 3.8) is 0 Å². The normalized spacial score (nSPS) is 26.7. The third-order valence-corrected chi connectivity index (χ3v) is 20.4. The lowest BCUT2D eigenvalue weighted by Crippen LogP contribution is -2.63. The largest absolute Gasteiger partial charge is 0.511 e. The van der Waals surface area contributed by atoms with Crippen molar-refractivity contribution in [2.75, 3.05) is 13.4 Å². The predicted molar refractivity (Wildman–Crippen MR) is 353 cm³/mol. The van der Waals surface area contributed by atoms with E-state index in [-0.39, 0.29) is 143 Å². The molecule has 10 rings (SSSR count). The van der Waals surface area contributed by atoms with Crippen molar-refractivity contribution >= 4 is 42.0 Å². The molecule has 2 saturated heterocycles. The molecule has 0 aromatic heterocycles. The summed E-state index contributed by atoms with van der Waals surface area (Å²) in [5, 5.41) is 0. The Hall–Kier alpha value is -3.91. The number of hydrogen-bond donors (Lipinski definition) is 0. The fraction of sp³-hybridized carbons (Fsp3) is 0.903. The summed E-state index contributed by atoms with van der Waals surface area (Å²) in [7, 11) is 0. The molecular weight excluding hydrogens is 1100 g/mol. The molecule has 10 fully saturated rings. The quantitative estimate of drug-likeness (QED) is 0.0714. The minimum Gasteiger partial charge on any atom is -0.459 e. The molecule has 10 aliphatic rings. The highest BCUT2D eigenvalue weighted by molar-refractivity contribution is 5.80. The highest BCUT2D eigenvalue weighted by Crippen LogP contribution is 2.62. The summed E-state index contributed by atoms with van der Waals surface area (Å²) >= 11 is 0. The Kier molecular flexibility index (Phi) is 39.2. The molecule has 15 heteroatoms. The molecule has 516 valence electrons. The second-order valence-corrected chi connectivity index (χ2v) is 27.9. The topological polar surface area (TPSA) is 193 Å². The van der Waals surface area contributed by atoms with Crippen molar-refractivity contribution in [2.24, 2.45) is 69.0 Å². The van der Waals surface area contributed by atoms with Gasteiger partial charge in [0.1, 0.15) is 29.5 Å². The maximum absolute atomic E-state index is 12.8. The van der Waals surface area contributed by atoms with E-state index in [0.717, 1.165) is 95.3 Å². The van der Waals surface area contributed by atoms with Gasteiger partial charge in [0.05, 0.1) is 27.6 Å². The van der Waals surface area contributed by atoms with Gasteiger partial charge in [0.15, 0.2) is 6.61 Å². The van der Waals surface area contributed by atoms with Crippen molar-refractivity contribution < 1.29 is 71.5 Å². The van der Waals surface area contributed by atoms with E-state index in [2.05, 4.69) is 27.7 Å². The SMILES string of the molecule is C.C.C.C.C.C.C.C.CCC(C)(C)C(=O)OC1(C(C)C)C2CC3CC(C2)CC1C3.CCC(C)(C)C(=O)OCC(=O)OC1C2CC3CC(C2)C(=O)OC1C3.CCC(C)(C)C(=O)OCOC(=O)OC1CCCCC1.CCC1(OC(=O)C(C)(C)CC)CCCC1. The van der Waals surface area contributed by atoms with E-state index < -0.39 is 35.0 Å². The lowest BCUT2D eigenvalue weighted by atomic mass is 9.47. The van der Waals surface area contributed by atoms with Crippen molar-refractivity contribution in [1.82, 2.24) is 0 Å². The fourth-order valence-electron chi connectivity index (χ4n) is 13.5. The van der Waals surface area contributed by atoms with Crippen LogP contribution in [0.15, 0.2) is 0 Å². The van der Waals surface area contributed by atoms with E-state index >= 15 is 0 Å². The molecule has 2 heterocycles. The van der Waals surface area contributed by atoms with E-state index in [1.54, 1.807) is 27.7 Å². The first kappa shape index (κ1) is 89.5. The minimum absolute atomic E-state index is 0. The maximum atomic E-state index is 12.8. The van der Waals surface area contributed by atoms with Gasteiger partial charge in [-0.1, -0.05) is 114 Å². The van der Waals surface area contributed by atoms with Gasteiger partial charge in [0.2, 0.25) is 6.79 Å². The molecule has 0 radical (unpaired) electrons. The lowest BCUT2D eigenvalue weighted by molar-refractivity contribution is -0.231. The van der Waals surface area contributed by atoms with Crippen molar-refractivity contribution in [3.8, 4) is 0 Å². The van der Waals surface area contributed by atoms with Crippen LogP contribution < -0.4 is 0 Å². The maximum Gasteiger partial charge on any atom is 0.511 e. The highest BCUT2D eigenvalue weighted by Gasteiger charge is 2.61. The van der Waals surface area contributed by atoms with Crippen LogP contribution in [0.1, 0.15) is 311 Å². The van der Waals surface area contributed by atoms with E-state index in [4.69, 9.17) is 37.9 Å². The average Bonchev–Trinajstić information content (AvgIpc) is 1.48. The highest BCUT2D eigenvalue weighted by atomic mass is 16.8. The molecule has 0 aromatic carbocycles. The van der Waals surface area contributed by atoms with Crippen molar-refractivity contribution in [3.05, 3.63) is 0 Å². The van der Waals surface area contributed by atoms with Gasteiger partial charge in [-0.05, 0) is 232 Å². The summed E-state index contributed by atoms with van der Waals surface area (Å²) in [4.78, 5) is 83.8. The predicted octanol–water partition coefficient (Wildman–Crippen LogP) is 19.2. The first-order valence-corrected chi connectivity index (χ1v) is 31.0. The summed E-state index contributed by atoms with van der Waals surface area (Å²) in [6.07, 6.45) is 22.0. The molecule has 87 heavy (non-hydrogen) atoms. The van der Waals surface area contributed by atoms with Crippen LogP contribution in [0.3, 0.4) is 0 Å². The summed E-state index contributed by atoms with van der Waals surface area (Å²) in [6.45, 7) is 28.9. The summed E-state index contributed by atoms with van der Waals surface area (Å²) in [6, 6.07) is 0. The summed E-state index contributed by atoms with van der Waals surface area (Å²) in [5.74, 6) is 2.62. The average molecular weight is 1240 g/mol. The lowest BCUT2D eigenvalue weighted by Gasteiger charge is -2.62. The molecular formula is C72H138O15. The van der Waals surface area contributed by atoms with Crippen molar-refractivity contribution in [2.45, 2.75) is 340 Å². The number of esters is 6. The van der Waals surface area contributed by atoms with Crippen LogP contribution >= 0.6 is 0 Å². The van der Waals surface area contributed by atoms with Crippen LogP contribution in [0.25, 0.3) is 0 Å². The van der Waals surface area contributed by atoms with E-state index in [1.165, 1.54) is 51.4 Å². The van der Waals surface area contributed by atoms with E-state index in [1.807, 2.05) is 48.5 Å². The second-order valence-electron chi connectivity index (χ2n) is 27.9. The summed E-state index contributed by atoms with van der Waals surface area (Å²) in [5.41, 5.74) is -2.16. The van der Waals surface area contributed by atoms with E-state index in [0.29, 0.717) is 36.5 Å². The number of carbonyl (C=O) groups excluding carboxylic acids is 7. The molecule has 5 unspecified atom stereocenters. The zero-order valence-corrected chi connectivity index (χ0v) is 51.7. The van der Waals surface area contributed by atoms with Gasteiger partial charge >= 0.3 is 42.0 Å². The Balaban J connectivity index is -0.000000518. The van der Waals surface area contributed by atoms with Crippen LogP contribution in [-0.2, 0) is 66.7 Å². The fourth-order valence-corrected chi connectivity index (χ4v) is 13.5. The van der Waals surface area contributed by atoms with Crippen molar-refractivity contribution in [1.29, 1.82) is 0 Å². The Morgan fingerprint density at radius 2 is 0.966 bits per heavy atom. The molecule has 0 aromatic rings. The summed E-state index contributed by atoms with van der Waals surface area (Å²) < 4.78 is 43.1. The zero-order chi connectivity index (χ0) is 58.7. The smallest absolute Gasteiger partial charge is 0.459 e. The van der Waals surface area contributed by atoms with E-state index in [9.17, 15) is 33.6 Å². The van der Waals surface area contributed by atoms with Gasteiger partial charge in [-0.3, -0.25) is 24.0 Å². The molecule has 8 saturated carbocycles. The molecule has 8 aliphatic carbocycles. The van der Waals surface area contributed by atoms with Crippen LogP contribution in [0.2, 0.25) is 0 Å². The standard InChI is InChI=1S/C19H32O2.C18H26O6.C14H24O5.C13H24O2.8CH4/c1-6-18(4,5)17(20)21-19(12(2)3)15-8-13-7-14(10-15)11-16(19)9-13;1-4-18(2,3)17(21)22-9-14(19)24-15-11-5-10-6-12(8-11)16(20)23-13(15)7-10;1-4-14(2,3)12(15)17-10-18-13(16)19-11-8-6-5-7-9-11;1-5-12(3,4)11(14)15-13(6-2)9-7-8-10-13;;;;;;;;/h12-16H,6-11H2,1-5H3;10-13,15H,4-9H2,1-3H3;11H,4-10H2,1-3H3;5-10H2,1-4H3;8*1H4. The third kappa shape index (κ3) is 23.1. The minimum atomic E-state index is -0.756. The van der Waals surface area contributed by atoms with Gasteiger partial charge < -0.3 is 37.9 Å². The van der Waals surface area contributed by atoms with Crippen LogP contribution in [-0.4, -0.2) is 84.9 Å². The second kappa shape index (κ2) is 38.1. The molecule has 0 spiro atoms. The molecule has 15 nitrogen and oxygen atoms in total. The Morgan fingerprint density at radius 1 is 0.517 bits per heavy atom. The number of hydrogen-bond acceptors (Lipinski definition) is 15. The monoisotopic (exact) mass is 1240 g/mol. The first-order chi connectivity index (χ1) is 37.0. The zero-order valence-electron chi connectivity index (χ0n) is 51.7. The molecule has 2 aliphatic heterocycles. The molecule has 5 atom stereocenters. The molecule has 8 bridgehead atoms. The van der Waals surface area contributed by atoms with Gasteiger partial charge in [0, 0.05) is 5.92 Å². The Morgan fingerprint density at radius 3 is 1.43 bits per heavy atom. The van der Waals surface area contributed by atoms with Gasteiger partial charge in [-0.15, -0.1) is 0 Å². The van der Waals surface area contributed by atoms with Crippen LogP contribution in [0.5, 0.6) is 0 Å². The van der Waals surface area contributed by atoms with Crippen LogP contribution in [0, 0.1) is 69.0 Å². The van der Waals surface area contributed by atoms with Gasteiger partial charge in [-0.2, -0.15) is 0 Å². The Labute approximate surface area is 534 Å². The first-order valence-electron chi connectivity index (χ1n) is 31.0. The molecule has 0 N–H and O–H groups in total. The third-order valence-electron chi connectivity index (χ3n) is 20.4. The number of fused-ring (bicyclic) bond motifs is 1. The number of ether oxygens (including phenoxy) is 8. The number of rotatable bonds is 18. The van der Waals surface area contributed by atoms with Crippen LogP contribution in [0.4, 0.5) is 4.79 Å².